The van der Waals surface area contributed by atoms with Gasteiger partial charge < -0.3 is 5.32 Å². The first-order valence-corrected chi connectivity index (χ1v) is 10.8. The Kier molecular flexibility index (Phi) is 6.85. The Morgan fingerprint density at radius 2 is 1.81 bits per heavy atom. The van der Waals surface area contributed by atoms with Gasteiger partial charge in [0.1, 0.15) is 4.21 Å². The van der Waals surface area contributed by atoms with Crippen LogP contribution in [0.5, 0.6) is 0 Å². The Balaban J connectivity index is 1.91. The average molecular weight is 415 g/mol. The third kappa shape index (κ3) is 5.07. The van der Waals surface area contributed by atoms with Crippen molar-refractivity contribution in [3.05, 3.63) is 50.9 Å². The van der Waals surface area contributed by atoms with E-state index in [1.165, 1.54) is 41.4 Å². The molecule has 0 fully saturated rings. The third-order valence-corrected chi connectivity index (χ3v) is 7.62. The molecule has 0 aliphatic rings. The molecule has 1 amide bonds. The molecular weight excluding hydrogens is 392 g/mol. The second-order valence-corrected chi connectivity index (χ2v) is 10.3. The zero-order valence-electron chi connectivity index (χ0n) is 15.3. The third-order valence-electron chi connectivity index (χ3n) is 4.12. The predicted octanol–water partition coefficient (Wildman–Crippen LogP) is 3.31. The molecule has 2 aromatic rings. The number of rotatable bonds is 7. The Morgan fingerprint density at radius 3 is 2.35 bits per heavy atom. The molecule has 142 valence electrons. The van der Waals surface area contributed by atoms with Crippen LogP contribution < -0.4 is 5.32 Å². The number of hydrogen-bond acceptors (Lipinski definition) is 4. The molecule has 1 heterocycles. The van der Waals surface area contributed by atoms with Gasteiger partial charge in [0.25, 0.3) is 10.0 Å². The Morgan fingerprint density at radius 1 is 1.19 bits per heavy atom. The molecular formula is C18H23ClN2O3S2. The van der Waals surface area contributed by atoms with Crippen molar-refractivity contribution >= 4 is 38.9 Å². The summed E-state index contributed by atoms with van der Waals surface area (Å²) in [5, 5.41) is 2.79. The number of carbonyl (C=O) groups excluding carboxylic acids is 1. The molecule has 0 aliphatic carbocycles. The van der Waals surface area contributed by atoms with Gasteiger partial charge in [-0.05, 0) is 56.0 Å². The second-order valence-electron chi connectivity index (χ2n) is 6.30. The van der Waals surface area contributed by atoms with Gasteiger partial charge in [0.2, 0.25) is 5.91 Å². The van der Waals surface area contributed by atoms with Crippen molar-refractivity contribution in [2.24, 2.45) is 0 Å². The summed E-state index contributed by atoms with van der Waals surface area (Å²) in [4.78, 5) is 12.1. The maximum atomic E-state index is 12.4. The number of benzene rings is 1. The topological polar surface area (TPSA) is 66.5 Å². The smallest absolute Gasteiger partial charge is 0.252 e. The van der Waals surface area contributed by atoms with E-state index >= 15 is 0 Å². The highest BCUT2D eigenvalue weighted by molar-refractivity contribution is 7.91. The molecule has 0 saturated heterocycles. The summed E-state index contributed by atoms with van der Waals surface area (Å²) < 4.78 is 26.3. The summed E-state index contributed by atoms with van der Waals surface area (Å²) in [6.07, 6.45) is 0.709. The number of nitrogens with zero attached hydrogens (tertiary/aromatic N) is 1. The minimum Gasteiger partial charge on any atom is -0.355 e. The lowest BCUT2D eigenvalue weighted by Crippen LogP contribution is -2.38. The summed E-state index contributed by atoms with van der Waals surface area (Å²) in [5.74, 6) is -0.332. The van der Waals surface area contributed by atoms with Crippen LogP contribution in [0.3, 0.4) is 0 Å². The standard InChI is InChI=1S/C18H23ClN2O3S2/c1-12-9-13(2)15(14(3)10-12)7-8-20-17(22)11-21(4)26(23,24)18-6-5-16(19)25-18/h5-6,9-10H,7-8,11H2,1-4H3,(H,20,22). The van der Waals surface area contributed by atoms with Crippen LogP contribution in [0, 0.1) is 20.8 Å². The second kappa shape index (κ2) is 8.52. The zero-order chi connectivity index (χ0) is 19.5. The van der Waals surface area contributed by atoms with E-state index in [0.717, 1.165) is 15.6 Å². The van der Waals surface area contributed by atoms with Crippen LogP contribution >= 0.6 is 22.9 Å². The molecule has 0 atom stereocenters. The first-order chi connectivity index (χ1) is 12.1. The van der Waals surface area contributed by atoms with Gasteiger partial charge in [0.15, 0.2) is 0 Å². The van der Waals surface area contributed by atoms with Gasteiger partial charge in [-0.15, -0.1) is 11.3 Å². The maximum Gasteiger partial charge on any atom is 0.252 e. The molecule has 2 rings (SSSR count). The molecule has 0 spiro atoms. The van der Waals surface area contributed by atoms with Crippen molar-refractivity contribution in [3.8, 4) is 0 Å². The number of amides is 1. The minimum atomic E-state index is -3.70. The van der Waals surface area contributed by atoms with E-state index in [2.05, 4.69) is 38.2 Å². The van der Waals surface area contributed by atoms with Crippen LogP contribution in [0.2, 0.25) is 4.34 Å². The van der Waals surface area contributed by atoms with Crippen LogP contribution in [-0.2, 0) is 21.2 Å². The number of thiophene rings is 1. The van der Waals surface area contributed by atoms with E-state index in [-0.39, 0.29) is 16.7 Å². The lowest BCUT2D eigenvalue weighted by Gasteiger charge is -2.16. The van der Waals surface area contributed by atoms with E-state index in [1.54, 1.807) is 0 Å². The number of nitrogens with one attached hydrogen (secondary N) is 1. The maximum absolute atomic E-state index is 12.4. The number of hydrogen-bond donors (Lipinski definition) is 1. The summed E-state index contributed by atoms with van der Waals surface area (Å²) in [5.41, 5.74) is 4.83. The molecule has 5 nitrogen and oxygen atoms in total. The van der Waals surface area contributed by atoms with Crippen LogP contribution in [0.4, 0.5) is 0 Å². The lowest BCUT2D eigenvalue weighted by molar-refractivity contribution is -0.121. The Labute approximate surface area is 164 Å². The highest BCUT2D eigenvalue weighted by Crippen LogP contribution is 2.27. The number of likely N-dealkylation sites (N-methyl/N-ethyl adjacent to an activating group) is 1. The minimum absolute atomic E-state index is 0.128. The molecule has 1 aromatic carbocycles. The molecule has 0 saturated carbocycles. The van der Waals surface area contributed by atoms with Gasteiger partial charge in [0, 0.05) is 13.6 Å². The molecule has 0 unspecified atom stereocenters. The van der Waals surface area contributed by atoms with Crippen molar-refractivity contribution in [2.75, 3.05) is 20.1 Å². The molecule has 0 bridgehead atoms. The predicted molar refractivity (Wildman–Crippen MR) is 107 cm³/mol. The molecule has 0 radical (unpaired) electrons. The number of aryl methyl sites for hydroxylation is 3. The molecule has 1 aromatic heterocycles. The molecule has 26 heavy (non-hydrogen) atoms. The van der Waals surface area contributed by atoms with Gasteiger partial charge in [0.05, 0.1) is 10.9 Å². The largest absolute Gasteiger partial charge is 0.355 e. The first kappa shape index (κ1) is 20.9. The van der Waals surface area contributed by atoms with Crippen LogP contribution in [0.1, 0.15) is 22.3 Å². The van der Waals surface area contributed by atoms with E-state index in [1.807, 2.05) is 0 Å². The van der Waals surface area contributed by atoms with Gasteiger partial charge in [-0.2, -0.15) is 4.31 Å². The van der Waals surface area contributed by atoms with Gasteiger partial charge >= 0.3 is 0 Å². The van der Waals surface area contributed by atoms with Crippen LogP contribution in [0.25, 0.3) is 0 Å². The first-order valence-electron chi connectivity index (χ1n) is 8.16. The fourth-order valence-electron chi connectivity index (χ4n) is 2.86. The highest BCUT2D eigenvalue weighted by atomic mass is 35.5. The molecule has 8 heteroatoms. The SMILES string of the molecule is Cc1cc(C)c(CCNC(=O)CN(C)S(=O)(=O)c2ccc(Cl)s2)c(C)c1. The van der Waals surface area contributed by atoms with E-state index in [4.69, 9.17) is 11.6 Å². The number of carbonyl (C=O) groups is 1. The Hall–Kier alpha value is -1.41. The molecule has 0 aliphatic heterocycles. The quantitative estimate of drug-likeness (QED) is 0.755. The fourth-order valence-corrected chi connectivity index (χ4v) is 5.68. The normalized spacial score (nSPS) is 11.8. The van der Waals surface area contributed by atoms with Crippen LogP contribution in [0.15, 0.2) is 28.5 Å². The monoisotopic (exact) mass is 414 g/mol. The van der Waals surface area contributed by atoms with Crippen molar-refractivity contribution < 1.29 is 13.2 Å². The molecule has 1 N–H and O–H groups in total. The zero-order valence-corrected chi connectivity index (χ0v) is 17.7. The van der Waals surface area contributed by atoms with Gasteiger partial charge in [-0.3, -0.25) is 4.79 Å². The lowest BCUT2D eigenvalue weighted by atomic mass is 9.97. The van der Waals surface area contributed by atoms with Crippen molar-refractivity contribution in [1.82, 2.24) is 9.62 Å². The van der Waals surface area contributed by atoms with Crippen molar-refractivity contribution in [3.63, 3.8) is 0 Å². The summed E-state index contributed by atoms with van der Waals surface area (Å²) in [6.45, 7) is 6.40. The van der Waals surface area contributed by atoms with Gasteiger partial charge in [-0.25, -0.2) is 8.42 Å². The average Bonchev–Trinajstić information content (AvgIpc) is 2.97. The highest BCUT2D eigenvalue weighted by Gasteiger charge is 2.24. The van der Waals surface area contributed by atoms with Crippen molar-refractivity contribution in [2.45, 2.75) is 31.4 Å². The summed E-state index contributed by atoms with van der Waals surface area (Å²) in [7, 11) is -2.32. The Bertz CT molecular complexity index is 884. The van der Waals surface area contributed by atoms with Crippen LogP contribution in [-0.4, -0.2) is 38.8 Å². The summed E-state index contributed by atoms with van der Waals surface area (Å²) in [6, 6.07) is 7.21. The van der Waals surface area contributed by atoms with Crippen molar-refractivity contribution in [1.29, 1.82) is 0 Å². The summed E-state index contributed by atoms with van der Waals surface area (Å²) >= 11 is 6.77. The number of sulfonamides is 1. The fraction of sp³-hybridized carbons (Fsp3) is 0.389. The van der Waals surface area contributed by atoms with E-state index in [0.29, 0.717) is 17.3 Å². The van der Waals surface area contributed by atoms with E-state index < -0.39 is 10.0 Å². The number of halogens is 1. The van der Waals surface area contributed by atoms with E-state index in [9.17, 15) is 13.2 Å². The van der Waals surface area contributed by atoms with Gasteiger partial charge in [-0.1, -0.05) is 29.3 Å².